The molecule has 2 aromatic rings. The van der Waals surface area contributed by atoms with Crippen molar-refractivity contribution in [2.75, 3.05) is 0 Å². The van der Waals surface area contributed by atoms with E-state index in [2.05, 4.69) is 20.1 Å². The van der Waals surface area contributed by atoms with Crippen LogP contribution in [0.4, 0.5) is 0 Å². The van der Waals surface area contributed by atoms with Crippen molar-refractivity contribution in [3.63, 3.8) is 0 Å². The molecular weight excluding hydrogens is 348 g/mol. The van der Waals surface area contributed by atoms with Crippen molar-refractivity contribution in [1.82, 2.24) is 20.1 Å². The molecule has 2 aromatic heterocycles. The van der Waals surface area contributed by atoms with Gasteiger partial charge in [-0.05, 0) is 44.7 Å². The molecule has 1 amide bonds. The molecule has 4 rings (SSSR count). The van der Waals surface area contributed by atoms with Crippen LogP contribution < -0.4 is 5.32 Å². The molecule has 6 nitrogen and oxygen atoms in total. The molecule has 1 N–H and O–H groups in total. The first-order chi connectivity index (χ1) is 12.7. The minimum Gasteiger partial charge on any atom is -0.467 e. The first-order valence-corrected chi connectivity index (χ1v) is 10.5. The third kappa shape index (κ3) is 4.14. The Kier molecular flexibility index (Phi) is 5.33. The number of hydrogen-bond donors (Lipinski definition) is 1. The molecule has 140 valence electrons. The molecule has 2 aliphatic carbocycles. The number of nitrogens with one attached hydrogen (secondary N) is 1. The highest BCUT2D eigenvalue weighted by atomic mass is 32.2. The minimum absolute atomic E-state index is 0.0995. The van der Waals surface area contributed by atoms with Gasteiger partial charge in [-0.15, -0.1) is 10.2 Å². The summed E-state index contributed by atoms with van der Waals surface area (Å²) in [7, 11) is 0. The molecule has 0 aromatic carbocycles. The molecule has 0 saturated heterocycles. The number of carbonyl (C=O) groups is 1. The van der Waals surface area contributed by atoms with Crippen LogP contribution in [0.1, 0.15) is 69.4 Å². The number of furan rings is 1. The van der Waals surface area contributed by atoms with Crippen LogP contribution >= 0.6 is 11.8 Å². The van der Waals surface area contributed by atoms with Gasteiger partial charge in [0.1, 0.15) is 11.6 Å². The van der Waals surface area contributed by atoms with Crippen molar-refractivity contribution in [2.45, 2.75) is 80.8 Å². The minimum atomic E-state index is -0.191. The van der Waals surface area contributed by atoms with Crippen molar-refractivity contribution < 1.29 is 9.21 Å². The van der Waals surface area contributed by atoms with Gasteiger partial charge in [-0.1, -0.05) is 31.0 Å². The highest BCUT2D eigenvalue weighted by molar-refractivity contribution is 8.00. The van der Waals surface area contributed by atoms with E-state index < -0.39 is 0 Å². The maximum absolute atomic E-state index is 12.6. The van der Waals surface area contributed by atoms with Gasteiger partial charge in [0, 0.05) is 12.0 Å². The molecule has 2 aliphatic rings. The Morgan fingerprint density at radius 3 is 2.81 bits per heavy atom. The van der Waals surface area contributed by atoms with Gasteiger partial charge in [0.15, 0.2) is 5.16 Å². The van der Waals surface area contributed by atoms with Gasteiger partial charge < -0.3 is 9.73 Å². The third-order valence-electron chi connectivity index (χ3n) is 5.18. The lowest BCUT2D eigenvalue weighted by atomic mass is 9.95. The number of rotatable bonds is 7. The highest BCUT2D eigenvalue weighted by Gasteiger charge is 2.31. The number of carbonyl (C=O) groups excluding carboxylic acids is 1. The second kappa shape index (κ2) is 7.86. The molecule has 2 heterocycles. The Labute approximate surface area is 158 Å². The van der Waals surface area contributed by atoms with Gasteiger partial charge in [-0.25, -0.2) is 0 Å². The van der Waals surface area contributed by atoms with Crippen LogP contribution in [-0.4, -0.2) is 32.0 Å². The van der Waals surface area contributed by atoms with E-state index in [1.807, 2.05) is 19.1 Å². The maximum Gasteiger partial charge on any atom is 0.233 e. The fourth-order valence-electron chi connectivity index (χ4n) is 3.51. The van der Waals surface area contributed by atoms with Crippen molar-refractivity contribution >= 4 is 17.7 Å². The summed E-state index contributed by atoms with van der Waals surface area (Å²) in [5.41, 5.74) is 0. The van der Waals surface area contributed by atoms with E-state index in [1.165, 1.54) is 43.9 Å². The van der Waals surface area contributed by atoms with Crippen LogP contribution in [0, 0.1) is 0 Å². The largest absolute Gasteiger partial charge is 0.467 e. The summed E-state index contributed by atoms with van der Waals surface area (Å²) in [6.45, 7) is 2.57. The number of hydrogen-bond acceptors (Lipinski definition) is 5. The number of amides is 1. The molecule has 0 spiro atoms. The van der Waals surface area contributed by atoms with Crippen molar-refractivity contribution in [3.05, 3.63) is 30.0 Å². The van der Waals surface area contributed by atoms with Crippen LogP contribution in [-0.2, 0) is 11.3 Å². The van der Waals surface area contributed by atoms with E-state index in [9.17, 15) is 4.79 Å². The Hall–Kier alpha value is -1.76. The average molecular weight is 375 g/mol. The Bertz CT molecular complexity index is 733. The molecule has 1 atom stereocenters. The second-order valence-corrected chi connectivity index (χ2v) is 8.69. The Morgan fingerprint density at radius 1 is 1.31 bits per heavy atom. The van der Waals surface area contributed by atoms with Crippen LogP contribution in [0.3, 0.4) is 0 Å². The molecule has 7 heteroatoms. The van der Waals surface area contributed by atoms with Crippen LogP contribution in [0.2, 0.25) is 0 Å². The standard InChI is InChI=1S/C19H26N4O2S/c1-13(18(24)20-15-6-3-2-4-7-15)26-19-22-21-17(14-9-10-14)23(19)12-16-8-5-11-25-16/h5,8,11,13-15H,2-4,6-7,9-10,12H2,1H3,(H,20,24). The van der Waals surface area contributed by atoms with E-state index in [0.29, 0.717) is 18.5 Å². The van der Waals surface area contributed by atoms with Crippen LogP contribution in [0.5, 0.6) is 0 Å². The first-order valence-electron chi connectivity index (χ1n) is 9.63. The van der Waals surface area contributed by atoms with Gasteiger partial charge in [0.2, 0.25) is 5.91 Å². The molecular formula is C19H26N4O2S. The van der Waals surface area contributed by atoms with Gasteiger partial charge in [-0.2, -0.15) is 0 Å². The zero-order chi connectivity index (χ0) is 17.9. The van der Waals surface area contributed by atoms with E-state index >= 15 is 0 Å². The van der Waals surface area contributed by atoms with Crippen molar-refractivity contribution in [3.8, 4) is 0 Å². The lowest BCUT2D eigenvalue weighted by Gasteiger charge is -2.24. The Morgan fingerprint density at radius 2 is 2.12 bits per heavy atom. The molecule has 1 unspecified atom stereocenters. The monoisotopic (exact) mass is 374 g/mol. The van der Waals surface area contributed by atoms with Gasteiger partial charge in [-0.3, -0.25) is 9.36 Å². The lowest BCUT2D eigenvalue weighted by molar-refractivity contribution is -0.121. The summed E-state index contributed by atoms with van der Waals surface area (Å²) in [5, 5.41) is 12.6. The molecule has 2 fully saturated rings. The van der Waals surface area contributed by atoms with Gasteiger partial charge >= 0.3 is 0 Å². The summed E-state index contributed by atoms with van der Waals surface area (Å²) in [4.78, 5) is 12.6. The van der Waals surface area contributed by atoms with Crippen molar-refractivity contribution in [1.29, 1.82) is 0 Å². The molecule has 2 saturated carbocycles. The smallest absolute Gasteiger partial charge is 0.233 e. The Balaban J connectivity index is 1.44. The quantitative estimate of drug-likeness (QED) is 0.748. The summed E-state index contributed by atoms with van der Waals surface area (Å²) >= 11 is 1.49. The fraction of sp³-hybridized carbons (Fsp3) is 0.632. The fourth-order valence-corrected chi connectivity index (χ4v) is 4.38. The highest BCUT2D eigenvalue weighted by Crippen LogP contribution is 2.40. The number of thioether (sulfide) groups is 1. The predicted molar refractivity (Wildman–Crippen MR) is 100 cm³/mol. The van der Waals surface area contributed by atoms with E-state index in [-0.39, 0.29) is 11.2 Å². The van der Waals surface area contributed by atoms with Gasteiger partial charge in [0.05, 0.1) is 18.1 Å². The third-order valence-corrected chi connectivity index (χ3v) is 6.27. The molecule has 26 heavy (non-hydrogen) atoms. The van der Waals surface area contributed by atoms with Crippen molar-refractivity contribution in [2.24, 2.45) is 0 Å². The molecule has 0 bridgehead atoms. The SMILES string of the molecule is CC(Sc1nnc(C2CC2)n1Cc1ccco1)C(=O)NC1CCCCC1. The van der Waals surface area contributed by atoms with Crippen LogP contribution in [0.25, 0.3) is 0 Å². The average Bonchev–Trinajstić information content (AvgIpc) is 3.22. The zero-order valence-electron chi connectivity index (χ0n) is 15.2. The van der Waals surface area contributed by atoms with E-state index in [1.54, 1.807) is 6.26 Å². The number of aromatic nitrogens is 3. The van der Waals surface area contributed by atoms with Crippen LogP contribution in [0.15, 0.2) is 28.0 Å². The summed E-state index contributed by atoms with van der Waals surface area (Å²) < 4.78 is 7.62. The van der Waals surface area contributed by atoms with E-state index in [4.69, 9.17) is 4.42 Å². The van der Waals surface area contributed by atoms with Gasteiger partial charge in [0.25, 0.3) is 0 Å². The summed E-state index contributed by atoms with van der Waals surface area (Å²) in [5.74, 6) is 2.50. The summed E-state index contributed by atoms with van der Waals surface area (Å²) in [6, 6.07) is 4.19. The summed E-state index contributed by atoms with van der Waals surface area (Å²) in [6.07, 6.45) is 9.94. The number of nitrogens with zero attached hydrogens (tertiary/aromatic N) is 3. The lowest BCUT2D eigenvalue weighted by Crippen LogP contribution is -2.40. The molecule has 0 radical (unpaired) electrons. The predicted octanol–water partition coefficient (Wildman–Crippen LogP) is 3.73. The zero-order valence-corrected chi connectivity index (χ0v) is 16.0. The molecule has 0 aliphatic heterocycles. The van der Waals surface area contributed by atoms with E-state index in [0.717, 1.165) is 29.6 Å². The second-order valence-electron chi connectivity index (χ2n) is 7.38. The maximum atomic E-state index is 12.6. The normalized spacial score (nSPS) is 19.4. The first kappa shape index (κ1) is 17.6. The topological polar surface area (TPSA) is 73.0 Å².